The summed E-state index contributed by atoms with van der Waals surface area (Å²) >= 11 is 0.529. The predicted molar refractivity (Wildman–Crippen MR) is 127 cm³/mol. The van der Waals surface area contributed by atoms with Crippen LogP contribution in [0, 0.1) is 0 Å². The maximum absolute atomic E-state index is 12.5. The molecule has 222 valence electrons. The van der Waals surface area contributed by atoms with E-state index in [4.69, 9.17) is 9.26 Å². The van der Waals surface area contributed by atoms with Gasteiger partial charge in [-0.3, -0.25) is 28.2 Å². The van der Waals surface area contributed by atoms with Gasteiger partial charge in [0.2, 0.25) is 5.91 Å². The third-order valence-electron chi connectivity index (χ3n) is 5.56. The van der Waals surface area contributed by atoms with Gasteiger partial charge in [-0.15, -0.1) is 11.8 Å². The number of nitrogens with zero attached hydrogens (tertiary/aromatic N) is 1. The molecule has 1 amide bonds. The quantitative estimate of drug-likeness (QED) is 0.112. The zero-order valence-electron chi connectivity index (χ0n) is 19.8. The van der Waals surface area contributed by atoms with Gasteiger partial charge in [0.15, 0.2) is 6.23 Å². The number of ether oxygens (including phenoxy) is 1. The number of amides is 1. The molecule has 19 nitrogen and oxygen atoms in total. The molecular weight excluding hydrogens is 596 g/mol. The Morgan fingerprint density at radius 1 is 1.13 bits per heavy atom. The number of aliphatic hydroxyl groups excluding tert-OH is 5. The number of carbonyl (C=O) groups excluding carboxylic acids is 1. The zero-order valence-corrected chi connectivity index (χ0v) is 22.4. The van der Waals surface area contributed by atoms with Crippen LogP contribution >= 0.6 is 27.4 Å². The summed E-state index contributed by atoms with van der Waals surface area (Å²) in [6.07, 6.45) is -9.03. The maximum Gasteiger partial charge on any atom is 0.482 e. The lowest BCUT2D eigenvalue weighted by molar-refractivity contribution is -0.122. The number of nitrogens with one attached hydrogen (secondary N) is 2. The van der Waals surface area contributed by atoms with Crippen molar-refractivity contribution in [2.45, 2.75) is 60.4 Å². The highest BCUT2D eigenvalue weighted by molar-refractivity contribution is 8.00. The number of phosphoric acid groups is 2. The van der Waals surface area contributed by atoms with Crippen LogP contribution in [-0.2, 0) is 32.0 Å². The van der Waals surface area contributed by atoms with Gasteiger partial charge in [-0.05, 0) is 0 Å². The van der Waals surface area contributed by atoms with Gasteiger partial charge in [-0.2, -0.15) is 4.31 Å². The van der Waals surface area contributed by atoms with Crippen LogP contribution in [0.3, 0.4) is 0 Å². The van der Waals surface area contributed by atoms with Gasteiger partial charge < -0.3 is 45.4 Å². The number of hydrogen-bond donors (Lipinski definition) is 9. The van der Waals surface area contributed by atoms with Crippen molar-refractivity contribution in [1.29, 1.82) is 0 Å². The lowest BCUT2D eigenvalue weighted by Crippen LogP contribution is -2.60. The topological polar surface area (TPSA) is 297 Å². The van der Waals surface area contributed by atoms with Gasteiger partial charge in [0, 0.05) is 19.2 Å². The summed E-state index contributed by atoms with van der Waals surface area (Å²) < 4.78 is 44.5. The average molecular weight is 623 g/mol. The summed E-state index contributed by atoms with van der Waals surface area (Å²) in [6.45, 7) is -0.682. The fourth-order valence-corrected chi connectivity index (χ4v) is 7.55. The van der Waals surface area contributed by atoms with Gasteiger partial charge in [-0.1, -0.05) is 0 Å². The van der Waals surface area contributed by atoms with Gasteiger partial charge in [0.05, 0.1) is 30.6 Å². The number of aliphatic hydroxyl groups is 5. The Morgan fingerprint density at radius 2 is 1.79 bits per heavy atom. The average Bonchev–Trinajstić information content (AvgIpc) is 3.10. The fourth-order valence-electron chi connectivity index (χ4n) is 3.76. The molecule has 2 aliphatic heterocycles. The SMILES string of the molecule is CC(=O)NC1[C@@H](O)[C@H](O)C(CO)S[C@@H]1OP(=O)(O)OP(=O)(O)OC[C@H]1O[C@@H](n2ccc(=O)[nH]c2=O)[C@@H](O)C1O. The second-order valence-electron chi connectivity index (χ2n) is 8.42. The Hall–Kier alpha value is -1.48. The number of carbonyl (C=O) groups is 1. The first-order valence-electron chi connectivity index (χ1n) is 11.0. The minimum absolute atomic E-state index is 0.529. The van der Waals surface area contributed by atoms with E-state index < -0.39 is 99.5 Å². The van der Waals surface area contributed by atoms with Gasteiger partial charge in [-0.25, -0.2) is 13.9 Å². The fraction of sp³-hybridized carbons (Fsp3) is 0.706. The Balaban J connectivity index is 1.66. The van der Waals surface area contributed by atoms with Crippen LogP contribution in [0.15, 0.2) is 21.9 Å². The third-order valence-corrected chi connectivity index (χ3v) is 9.76. The normalized spacial score (nSPS) is 36.2. The van der Waals surface area contributed by atoms with Crippen molar-refractivity contribution in [1.82, 2.24) is 14.9 Å². The van der Waals surface area contributed by atoms with Crippen LogP contribution in [0.1, 0.15) is 13.2 Å². The molecule has 1 aromatic rings. The molecule has 2 fully saturated rings. The van der Waals surface area contributed by atoms with E-state index in [9.17, 15) is 58.8 Å². The molecule has 0 bridgehead atoms. The zero-order chi connectivity index (χ0) is 29.3. The first-order valence-corrected chi connectivity index (χ1v) is 14.9. The minimum atomic E-state index is -5.52. The molecule has 2 aliphatic rings. The number of rotatable bonds is 10. The van der Waals surface area contributed by atoms with Crippen molar-refractivity contribution >= 4 is 33.3 Å². The summed E-state index contributed by atoms with van der Waals surface area (Å²) in [6, 6.07) is -0.573. The summed E-state index contributed by atoms with van der Waals surface area (Å²) in [5.41, 5.74) is -3.40. The molecule has 0 radical (unpaired) electrons. The molecule has 11 atom stereocenters. The van der Waals surface area contributed by atoms with E-state index in [1.165, 1.54) is 0 Å². The van der Waals surface area contributed by atoms with E-state index in [1.807, 2.05) is 4.98 Å². The molecule has 2 saturated heterocycles. The molecule has 39 heavy (non-hydrogen) atoms. The molecule has 0 spiro atoms. The summed E-state index contributed by atoms with van der Waals surface area (Å²) in [7, 11) is -11.0. The summed E-state index contributed by atoms with van der Waals surface area (Å²) in [5, 5.41) is 51.2. The molecule has 1 aromatic heterocycles. The van der Waals surface area contributed by atoms with E-state index in [0.717, 1.165) is 23.8 Å². The van der Waals surface area contributed by atoms with Crippen molar-refractivity contribution in [2.75, 3.05) is 13.2 Å². The molecule has 0 saturated carbocycles. The van der Waals surface area contributed by atoms with Crippen LogP contribution < -0.4 is 16.6 Å². The van der Waals surface area contributed by atoms with Gasteiger partial charge in [0.1, 0.15) is 29.9 Å². The molecule has 0 aromatic carbocycles. The van der Waals surface area contributed by atoms with Gasteiger partial charge in [0.25, 0.3) is 5.56 Å². The molecular formula is C17H27N3O16P2S. The highest BCUT2D eigenvalue weighted by Crippen LogP contribution is 2.62. The Labute approximate surface area is 222 Å². The van der Waals surface area contributed by atoms with E-state index in [-0.39, 0.29) is 0 Å². The van der Waals surface area contributed by atoms with E-state index >= 15 is 0 Å². The number of aromatic amines is 1. The highest BCUT2D eigenvalue weighted by Gasteiger charge is 2.50. The van der Waals surface area contributed by atoms with Crippen LogP contribution in [0.25, 0.3) is 0 Å². The molecule has 5 unspecified atom stereocenters. The highest BCUT2D eigenvalue weighted by atomic mass is 32.2. The molecule has 3 heterocycles. The maximum atomic E-state index is 12.5. The summed E-state index contributed by atoms with van der Waals surface area (Å²) in [5.74, 6) is -0.729. The smallest absolute Gasteiger partial charge is 0.395 e. The van der Waals surface area contributed by atoms with Crippen molar-refractivity contribution in [2.24, 2.45) is 0 Å². The Morgan fingerprint density at radius 3 is 2.38 bits per heavy atom. The van der Waals surface area contributed by atoms with E-state index in [1.54, 1.807) is 0 Å². The molecule has 22 heteroatoms. The van der Waals surface area contributed by atoms with Gasteiger partial charge >= 0.3 is 21.3 Å². The first-order chi connectivity index (χ1) is 18.0. The third kappa shape index (κ3) is 7.84. The van der Waals surface area contributed by atoms with Crippen LogP contribution in [0.2, 0.25) is 0 Å². The number of aromatic nitrogens is 2. The minimum Gasteiger partial charge on any atom is -0.395 e. The first kappa shape index (κ1) is 32.0. The largest absolute Gasteiger partial charge is 0.482 e. The number of phosphoric ester groups is 2. The van der Waals surface area contributed by atoms with Crippen LogP contribution in [-0.4, -0.2) is 111 Å². The van der Waals surface area contributed by atoms with E-state index in [0.29, 0.717) is 11.8 Å². The summed E-state index contributed by atoms with van der Waals surface area (Å²) in [4.78, 5) is 56.6. The van der Waals surface area contributed by atoms with Crippen molar-refractivity contribution < 1.29 is 67.3 Å². The second kappa shape index (κ2) is 12.6. The van der Waals surface area contributed by atoms with Crippen molar-refractivity contribution in [3.8, 4) is 0 Å². The van der Waals surface area contributed by atoms with Crippen molar-refractivity contribution in [3.05, 3.63) is 33.1 Å². The van der Waals surface area contributed by atoms with Crippen molar-refractivity contribution in [3.63, 3.8) is 0 Å². The molecule has 9 N–H and O–H groups in total. The lowest BCUT2D eigenvalue weighted by atomic mass is 10.0. The number of hydrogen-bond acceptors (Lipinski definition) is 15. The standard InChI is InChI=1S/C17H27N3O16P2S/c1-6(22)18-10-13(26)12(25)8(4-21)39-16(10)35-38(31,32)36-37(29,30)33-5-7-11(24)14(27)15(34-7)20-3-2-9(23)19-17(20)28/h2-3,7-8,10-16,21,24-27H,4-5H2,1H3,(H,18,22)(H,29,30)(H,31,32)(H,19,23,28)/t7-,8?,10?,11?,12-,13-,14+,15-,16+/m1/s1. The number of H-pyrrole nitrogens is 1. The van der Waals surface area contributed by atoms with E-state index in [2.05, 4.69) is 14.2 Å². The predicted octanol–water partition coefficient (Wildman–Crippen LogP) is -3.93. The Kier molecular flexibility index (Phi) is 10.3. The lowest BCUT2D eigenvalue weighted by Gasteiger charge is -2.41. The second-order valence-corrected chi connectivity index (χ2v) is 12.8. The number of thioether (sulfide) groups is 1. The molecule has 3 rings (SSSR count). The van der Waals surface area contributed by atoms with Crippen LogP contribution in [0.4, 0.5) is 0 Å². The Bertz CT molecular complexity index is 1240. The molecule has 0 aliphatic carbocycles. The van der Waals surface area contributed by atoms with Crippen LogP contribution in [0.5, 0.6) is 0 Å². The monoisotopic (exact) mass is 623 g/mol.